The van der Waals surface area contributed by atoms with E-state index in [0.717, 1.165) is 36.1 Å². The van der Waals surface area contributed by atoms with E-state index in [1.807, 2.05) is 0 Å². The molecule has 0 unspecified atom stereocenters. The molecule has 144 valence electrons. The number of aromatic nitrogens is 3. The first-order valence-corrected chi connectivity index (χ1v) is 9.91. The average molecular weight is 397 g/mol. The normalized spacial score (nSPS) is 13.1. The van der Waals surface area contributed by atoms with Crippen LogP contribution in [0.25, 0.3) is 10.2 Å². The molecule has 0 spiro atoms. The summed E-state index contributed by atoms with van der Waals surface area (Å²) in [6, 6.07) is 5.15. The van der Waals surface area contributed by atoms with Crippen molar-refractivity contribution in [1.82, 2.24) is 19.9 Å². The van der Waals surface area contributed by atoms with Gasteiger partial charge >= 0.3 is 0 Å². The number of hydrogen-bond acceptors (Lipinski definition) is 6. The van der Waals surface area contributed by atoms with Crippen LogP contribution in [0.4, 0.5) is 5.82 Å². The second-order valence-electron chi connectivity index (χ2n) is 6.61. The minimum Gasteiger partial charge on any atom is -0.345 e. The first-order valence-electron chi connectivity index (χ1n) is 9.09. The third kappa shape index (κ3) is 3.79. The molecule has 8 nitrogen and oxygen atoms in total. The maximum absolute atomic E-state index is 12.8. The lowest BCUT2D eigenvalue weighted by Crippen LogP contribution is -2.37. The predicted octanol–water partition coefficient (Wildman–Crippen LogP) is 1.49. The van der Waals surface area contributed by atoms with Crippen molar-refractivity contribution < 1.29 is 9.59 Å². The molecule has 0 saturated heterocycles. The topological polar surface area (TPSA) is 106 Å². The number of pyridine rings is 1. The van der Waals surface area contributed by atoms with Crippen molar-refractivity contribution in [3.63, 3.8) is 0 Å². The highest BCUT2D eigenvalue weighted by atomic mass is 32.1. The summed E-state index contributed by atoms with van der Waals surface area (Å²) in [6.07, 6.45) is 7.04. The summed E-state index contributed by atoms with van der Waals surface area (Å²) < 4.78 is 1.30. The monoisotopic (exact) mass is 397 g/mol. The molecular formula is C19H19N5O3S. The Balaban J connectivity index is 1.42. The summed E-state index contributed by atoms with van der Waals surface area (Å²) in [7, 11) is 0. The van der Waals surface area contributed by atoms with Crippen LogP contribution >= 0.6 is 11.3 Å². The van der Waals surface area contributed by atoms with Crippen molar-refractivity contribution in [2.24, 2.45) is 0 Å². The van der Waals surface area contributed by atoms with Gasteiger partial charge in [0, 0.05) is 11.1 Å². The quantitative estimate of drug-likeness (QED) is 0.678. The van der Waals surface area contributed by atoms with E-state index < -0.39 is 5.91 Å². The summed E-state index contributed by atoms with van der Waals surface area (Å²) in [5.74, 6) is -0.404. The van der Waals surface area contributed by atoms with Gasteiger partial charge in [0.25, 0.3) is 5.56 Å². The number of rotatable bonds is 5. The van der Waals surface area contributed by atoms with Gasteiger partial charge in [0.05, 0.1) is 18.3 Å². The largest absolute Gasteiger partial charge is 0.345 e. The van der Waals surface area contributed by atoms with E-state index in [1.54, 1.807) is 35.7 Å². The molecule has 3 aromatic rings. The number of aryl methyl sites for hydroxylation is 2. The van der Waals surface area contributed by atoms with Crippen LogP contribution in [0.2, 0.25) is 0 Å². The van der Waals surface area contributed by atoms with Crippen molar-refractivity contribution in [3.05, 3.63) is 51.5 Å². The van der Waals surface area contributed by atoms with Crippen LogP contribution in [0, 0.1) is 0 Å². The number of carbonyl (C=O) groups excluding carboxylic acids is 2. The summed E-state index contributed by atoms with van der Waals surface area (Å²) in [5.41, 5.74) is 0.894. The van der Waals surface area contributed by atoms with E-state index in [0.29, 0.717) is 11.2 Å². The number of fused-ring (bicyclic) bond motifs is 3. The van der Waals surface area contributed by atoms with Crippen LogP contribution in [0.15, 0.2) is 35.5 Å². The fraction of sp³-hybridized carbons (Fsp3) is 0.316. The van der Waals surface area contributed by atoms with Gasteiger partial charge in [-0.2, -0.15) is 0 Å². The Bertz CT molecular complexity index is 1090. The molecule has 2 N–H and O–H groups in total. The van der Waals surface area contributed by atoms with E-state index in [1.165, 1.54) is 15.8 Å². The fourth-order valence-electron chi connectivity index (χ4n) is 3.31. The summed E-state index contributed by atoms with van der Waals surface area (Å²) >= 11 is 1.57. The molecule has 0 bridgehead atoms. The van der Waals surface area contributed by atoms with Gasteiger partial charge in [-0.05, 0) is 43.4 Å². The molecule has 0 aliphatic heterocycles. The zero-order chi connectivity index (χ0) is 19.5. The van der Waals surface area contributed by atoms with Gasteiger partial charge in [-0.15, -0.1) is 11.3 Å². The molecule has 0 atom stereocenters. The van der Waals surface area contributed by atoms with Gasteiger partial charge in [0.15, 0.2) is 0 Å². The van der Waals surface area contributed by atoms with Crippen molar-refractivity contribution in [3.8, 4) is 0 Å². The Morgan fingerprint density at radius 3 is 2.82 bits per heavy atom. The van der Waals surface area contributed by atoms with E-state index in [9.17, 15) is 14.4 Å². The molecule has 9 heteroatoms. The van der Waals surface area contributed by atoms with E-state index in [2.05, 4.69) is 20.6 Å². The highest BCUT2D eigenvalue weighted by molar-refractivity contribution is 7.18. The molecule has 1 aliphatic rings. The number of anilines is 1. The molecule has 1 aliphatic carbocycles. The van der Waals surface area contributed by atoms with Gasteiger partial charge in [0.1, 0.15) is 17.2 Å². The van der Waals surface area contributed by atoms with Gasteiger partial charge in [-0.1, -0.05) is 6.07 Å². The molecule has 3 heterocycles. The number of nitrogens with zero attached hydrogens (tertiary/aromatic N) is 3. The van der Waals surface area contributed by atoms with Gasteiger partial charge in [-0.25, -0.2) is 9.97 Å². The zero-order valence-corrected chi connectivity index (χ0v) is 15.9. The van der Waals surface area contributed by atoms with Crippen LogP contribution < -0.4 is 16.2 Å². The zero-order valence-electron chi connectivity index (χ0n) is 15.1. The number of nitrogens with one attached hydrogen (secondary N) is 2. The first kappa shape index (κ1) is 18.3. The lowest BCUT2D eigenvalue weighted by Gasteiger charge is -2.10. The minimum absolute atomic E-state index is 0.177. The third-order valence-electron chi connectivity index (χ3n) is 4.63. The van der Waals surface area contributed by atoms with Crippen LogP contribution in [-0.4, -0.2) is 32.9 Å². The number of amides is 2. The van der Waals surface area contributed by atoms with E-state index in [-0.39, 0.29) is 24.6 Å². The van der Waals surface area contributed by atoms with Gasteiger partial charge in [-0.3, -0.25) is 19.0 Å². The first-order chi connectivity index (χ1) is 13.6. The molecule has 3 aromatic heterocycles. The Hall–Kier alpha value is -3.07. The average Bonchev–Trinajstić information content (AvgIpc) is 3.09. The molecular weight excluding hydrogens is 378 g/mol. The second-order valence-corrected chi connectivity index (χ2v) is 7.69. The molecule has 0 fully saturated rings. The molecule has 0 saturated carbocycles. The summed E-state index contributed by atoms with van der Waals surface area (Å²) in [4.78, 5) is 47.2. The second kappa shape index (κ2) is 7.89. The third-order valence-corrected chi connectivity index (χ3v) is 5.83. The minimum atomic E-state index is -0.427. The number of thiophene rings is 1. The SMILES string of the molecule is O=C(Cn1cnc2sc3c(c2c1=O)CCCC3)NCC(=O)Nc1ccccn1. The smallest absolute Gasteiger partial charge is 0.262 e. The Kier molecular flexibility index (Phi) is 5.16. The molecule has 4 rings (SSSR count). The predicted molar refractivity (Wildman–Crippen MR) is 106 cm³/mol. The highest BCUT2D eigenvalue weighted by Gasteiger charge is 2.20. The molecule has 0 radical (unpaired) electrons. The highest BCUT2D eigenvalue weighted by Crippen LogP contribution is 2.33. The molecule has 28 heavy (non-hydrogen) atoms. The summed E-state index contributed by atoms with van der Waals surface area (Å²) in [5, 5.41) is 5.74. The Morgan fingerprint density at radius 2 is 2.00 bits per heavy atom. The number of carbonyl (C=O) groups is 2. The lowest BCUT2D eigenvalue weighted by molar-refractivity contribution is -0.124. The van der Waals surface area contributed by atoms with Crippen molar-refractivity contribution in [2.75, 3.05) is 11.9 Å². The lowest BCUT2D eigenvalue weighted by atomic mass is 9.97. The maximum Gasteiger partial charge on any atom is 0.262 e. The Labute approximate surface area is 164 Å². The van der Waals surface area contributed by atoms with Crippen molar-refractivity contribution in [2.45, 2.75) is 32.2 Å². The Morgan fingerprint density at radius 1 is 1.14 bits per heavy atom. The van der Waals surface area contributed by atoms with Crippen molar-refractivity contribution >= 4 is 39.2 Å². The molecule has 0 aromatic carbocycles. The van der Waals surface area contributed by atoms with E-state index >= 15 is 0 Å². The van der Waals surface area contributed by atoms with Gasteiger partial charge < -0.3 is 10.6 Å². The van der Waals surface area contributed by atoms with Gasteiger partial charge in [0.2, 0.25) is 11.8 Å². The fourth-order valence-corrected chi connectivity index (χ4v) is 4.53. The van der Waals surface area contributed by atoms with Crippen molar-refractivity contribution in [1.29, 1.82) is 0 Å². The summed E-state index contributed by atoms with van der Waals surface area (Å²) in [6.45, 7) is -0.378. The molecule has 2 amide bonds. The maximum atomic E-state index is 12.8. The standard InChI is InChI=1S/C19H19N5O3S/c25-15(23-14-7-3-4-8-20-14)9-21-16(26)10-24-11-22-18-17(19(24)27)12-5-1-2-6-13(12)28-18/h3-4,7-8,11H,1-2,5-6,9-10H2,(H,21,26)(H,20,23,25). The van der Waals surface area contributed by atoms with Crippen LogP contribution in [0.3, 0.4) is 0 Å². The van der Waals surface area contributed by atoms with Crippen LogP contribution in [-0.2, 0) is 29.0 Å². The van der Waals surface area contributed by atoms with E-state index in [4.69, 9.17) is 0 Å². The van der Waals surface area contributed by atoms with Crippen LogP contribution in [0.5, 0.6) is 0 Å². The number of hydrogen-bond donors (Lipinski definition) is 2. The van der Waals surface area contributed by atoms with Crippen LogP contribution in [0.1, 0.15) is 23.3 Å².